The van der Waals surface area contributed by atoms with Gasteiger partial charge in [0.05, 0.1) is 17.6 Å². The quantitative estimate of drug-likeness (QED) is 0.609. The van der Waals surface area contributed by atoms with Gasteiger partial charge in [-0.3, -0.25) is 14.5 Å². The SMILES string of the molecule is CCc1cn2ncc(CN3CCN(c4ccc(C(=O)NC5CC5)nc4C)CC3)c2[nH]c1=O. The van der Waals surface area contributed by atoms with Gasteiger partial charge in [-0.15, -0.1) is 0 Å². The van der Waals surface area contributed by atoms with Crippen molar-refractivity contribution < 1.29 is 4.79 Å². The Labute approximate surface area is 186 Å². The molecule has 3 aromatic heterocycles. The second-order valence-corrected chi connectivity index (χ2v) is 8.74. The van der Waals surface area contributed by atoms with Gasteiger partial charge < -0.3 is 15.2 Å². The molecule has 1 amide bonds. The molecule has 0 aromatic carbocycles. The number of nitrogens with one attached hydrogen (secondary N) is 2. The van der Waals surface area contributed by atoms with Crippen molar-refractivity contribution in [3.05, 3.63) is 57.4 Å². The summed E-state index contributed by atoms with van der Waals surface area (Å²) in [5.74, 6) is -0.0792. The van der Waals surface area contributed by atoms with Crippen LogP contribution >= 0.6 is 0 Å². The molecule has 0 spiro atoms. The summed E-state index contributed by atoms with van der Waals surface area (Å²) < 4.78 is 1.77. The fourth-order valence-electron chi connectivity index (χ4n) is 4.28. The maximum atomic E-state index is 12.3. The van der Waals surface area contributed by atoms with Gasteiger partial charge >= 0.3 is 0 Å². The first kappa shape index (κ1) is 20.7. The van der Waals surface area contributed by atoms with Gasteiger partial charge in [0, 0.05) is 56.1 Å². The Hall–Kier alpha value is -3.20. The van der Waals surface area contributed by atoms with E-state index in [2.05, 4.69) is 30.2 Å². The number of aromatic nitrogens is 4. The van der Waals surface area contributed by atoms with Crippen LogP contribution in [0.5, 0.6) is 0 Å². The average Bonchev–Trinajstić information content (AvgIpc) is 3.53. The second-order valence-electron chi connectivity index (χ2n) is 8.74. The van der Waals surface area contributed by atoms with Crippen molar-refractivity contribution in [3.8, 4) is 0 Å². The minimum absolute atomic E-state index is 0.0381. The molecule has 2 aliphatic rings. The molecule has 1 saturated heterocycles. The first-order valence-corrected chi connectivity index (χ1v) is 11.4. The number of fused-ring (bicyclic) bond motifs is 1. The van der Waals surface area contributed by atoms with E-state index in [-0.39, 0.29) is 11.5 Å². The summed E-state index contributed by atoms with van der Waals surface area (Å²) >= 11 is 0. The van der Waals surface area contributed by atoms with Crippen molar-refractivity contribution in [1.29, 1.82) is 0 Å². The molecule has 0 radical (unpaired) electrons. The molecule has 3 aromatic rings. The van der Waals surface area contributed by atoms with Crippen LogP contribution in [0, 0.1) is 6.92 Å². The summed E-state index contributed by atoms with van der Waals surface area (Å²) in [4.78, 5) is 36.7. The van der Waals surface area contributed by atoms with E-state index in [0.29, 0.717) is 18.2 Å². The zero-order chi connectivity index (χ0) is 22.2. The number of carbonyl (C=O) groups is 1. The van der Waals surface area contributed by atoms with Crippen molar-refractivity contribution in [2.75, 3.05) is 31.1 Å². The molecule has 9 heteroatoms. The standard InChI is InChI=1S/C23H29N7O2/c1-3-16-14-30-21(27-22(16)31)17(12-24-30)13-28-8-10-29(11-9-28)20-7-6-19(25-15(20)2)23(32)26-18-4-5-18/h6-7,12,14,18H,3-5,8-11,13H2,1-2H3,(H,26,32)(H,27,31). The minimum Gasteiger partial charge on any atom is -0.368 e. The molecule has 5 rings (SSSR count). The number of piperazine rings is 1. The summed E-state index contributed by atoms with van der Waals surface area (Å²) in [6, 6.07) is 4.17. The monoisotopic (exact) mass is 435 g/mol. The van der Waals surface area contributed by atoms with Gasteiger partial charge in [-0.25, -0.2) is 9.50 Å². The number of hydrogen-bond acceptors (Lipinski definition) is 6. The van der Waals surface area contributed by atoms with E-state index >= 15 is 0 Å². The number of aromatic amines is 1. The van der Waals surface area contributed by atoms with Gasteiger partial charge in [-0.2, -0.15) is 5.10 Å². The van der Waals surface area contributed by atoms with Crippen LogP contribution in [0.1, 0.15) is 47.1 Å². The van der Waals surface area contributed by atoms with Crippen molar-refractivity contribution in [2.24, 2.45) is 0 Å². The lowest BCUT2D eigenvalue weighted by Gasteiger charge is -2.36. The first-order valence-electron chi connectivity index (χ1n) is 11.4. The smallest absolute Gasteiger partial charge is 0.270 e. The molecule has 1 aliphatic carbocycles. The summed E-state index contributed by atoms with van der Waals surface area (Å²) in [5, 5.41) is 7.42. The lowest BCUT2D eigenvalue weighted by Crippen LogP contribution is -2.46. The minimum atomic E-state index is -0.0792. The molecule has 9 nitrogen and oxygen atoms in total. The molecule has 1 saturated carbocycles. The maximum Gasteiger partial charge on any atom is 0.270 e. The van der Waals surface area contributed by atoms with Crippen LogP contribution in [0.2, 0.25) is 0 Å². The fraction of sp³-hybridized carbons (Fsp3) is 0.478. The van der Waals surface area contributed by atoms with Crippen molar-refractivity contribution in [3.63, 3.8) is 0 Å². The molecule has 2 fully saturated rings. The Morgan fingerprint density at radius 3 is 2.66 bits per heavy atom. The third-order valence-corrected chi connectivity index (χ3v) is 6.36. The number of H-pyrrole nitrogens is 1. The van der Waals surface area contributed by atoms with Crippen LogP contribution < -0.4 is 15.8 Å². The molecule has 0 unspecified atom stereocenters. The maximum absolute atomic E-state index is 12.3. The highest BCUT2D eigenvalue weighted by Crippen LogP contribution is 2.23. The fourth-order valence-corrected chi connectivity index (χ4v) is 4.28. The predicted octanol–water partition coefficient (Wildman–Crippen LogP) is 1.50. The predicted molar refractivity (Wildman–Crippen MR) is 122 cm³/mol. The lowest BCUT2D eigenvalue weighted by atomic mass is 10.2. The molecule has 32 heavy (non-hydrogen) atoms. The Morgan fingerprint density at radius 1 is 1.19 bits per heavy atom. The number of amides is 1. The number of pyridine rings is 1. The second kappa shape index (κ2) is 8.38. The van der Waals surface area contributed by atoms with Crippen LogP contribution in [0.3, 0.4) is 0 Å². The lowest BCUT2D eigenvalue weighted by molar-refractivity contribution is 0.0946. The highest BCUT2D eigenvalue weighted by Gasteiger charge is 2.25. The summed E-state index contributed by atoms with van der Waals surface area (Å²) in [7, 11) is 0. The Morgan fingerprint density at radius 2 is 1.97 bits per heavy atom. The van der Waals surface area contributed by atoms with E-state index in [1.165, 1.54) is 0 Å². The number of nitrogens with zero attached hydrogens (tertiary/aromatic N) is 5. The molecule has 2 N–H and O–H groups in total. The zero-order valence-electron chi connectivity index (χ0n) is 18.6. The van der Waals surface area contributed by atoms with Gasteiger partial charge in [-0.05, 0) is 38.3 Å². The largest absolute Gasteiger partial charge is 0.368 e. The Balaban J connectivity index is 1.23. The normalized spacial score (nSPS) is 17.1. The summed E-state index contributed by atoms with van der Waals surface area (Å²) in [6.07, 6.45) is 6.48. The highest BCUT2D eigenvalue weighted by atomic mass is 16.2. The van der Waals surface area contributed by atoms with Gasteiger partial charge in [0.1, 0.15) is 11.3 Å². The van der Waals surface area contributed by atoms with Crippen LogP contribution in [0.15, 0.2) is 29.3 Å². The number of carbonyl (C=O) groups excluding carboxylic acids is 1. The summed E-state index contributed by atoms with van der Waals surface area (Å²) in [6.45, 7) is 8.24. The third kappa shape index (κ3) is 4.12. The van der Waals surface area contributed by atoms with Gasteiger partial charge in [0.15, 0.2) is 0 Å². The molecular formula is C23H29N7O2. The first-order chi connectivity index (χ1) is 15.5. The van der Waals surface area contributed by atoms with E-state index in [1.807, 2.05) is 38.4 Å². The van der Waals surface area contributed by atoms with E-state index in [4.69, 9.17) is 0 Å². The zero-order valence-corrected chi connectivity index (χ0v) is 18.6. The van der Waals surface area contributed by atoms with Crippen molar-refractivity contribution >= 4 is 17.2 Å². The molecule has 4 heterocycles. The molecule has 168 valence electrons. The van der Waals surface area contributed by atoms with Gasteiger partial charge in [0.25, 0.3) is 11.5 Å². The van der Waals surface area contributed by atoms with E-state index in [1.54, 1.807) is 4.52 Å². The van der Waals surface area contributed by atoms with Crippen LogP contribution in [-0.2, 0) is 13.0 Å². The van der Waals surface area contributed by atoms with E-state index < -0.39 is 0 Å². The van der Waals surface area contributed by atoms with Crippen LogP contribution in [0.4, 0.5) is 5.69 Å². The Kier molecular flexibility index (Phi) is 5.42. The van der Waals surface area contributed by atoms with Gasteiger partial charge in [-0.1, -0.05) is 6.92 Å². The number of hydrogen-bond donors (Lipinski definition) is 2. The van der Waals surface area contributed by atoms with Crippen LogP contribution in [0.25, 0.3) is 5.65 Å². The molecule has 1 aliphatic heterocycles. The third-order valence-electron chi connectivity index (χ3n) is 6.36. The molecular weight excluding hydrogens is 406 g/mol. The van der Waals surface area contributed by atoms with E-state index in [9.17, 15) is 9.59 Å². The average molecular weight is 436 g/mol. The van der Waals surface area contributed by atoms with E-state index in [0.717, 1.165) is 73.7 Å². The number of anilines is 1. The Bertz CT molecular complexity index is 1200. The van der Waals surface area contributed by atoms with Gasteiger partial charge in [0.2, 0.25) is 0 Å². The molecule has 0 bridgehead atoms. The molecule has 0 atom stereocenters. The van der Waals surface area contributed by atoms with Crippen LogP contribution in [-0.4, -0.2) is 62.6 Å². The van der Waals surface area contributed by atoms with Crippen molar-refractivity contribution in [1.82, 2.24) is 29.8 Å². The number of rotatable bonds is 6. The van der Waals surface area contributed by atoms with Crippen molar-refractivity contribution in [2.45, 2.75) is 45.7 Å². The highest BCUT2D eigenvalue weighted by molar-refractivity contribution is 5.93. The number of aryl methyl sites for hydroxylation is 2. The summed E-state index contributed by atoms with van der Waals surface area (Å²) in [5.41, 5.74) is 4.96. The topological polar surface area (TPSA) is 98.6 Å².